The Kier molecular flexibility index (Phi) is 3.06. The van der Waals surface area contributed by atoms with Crippen molar-refractivity contribution in [1.82, 2.24) is 4.98 Å². The molecule has 0 fully saturated rings. The quantitative estimate of drug-likeness (QED) is 0.677. The Morgan fingerprint density at radius 1 is 1.54 bits per heavy atom. The lowest BCUT2D eigenvalue weighted by molar-refractivity contribution is 0.0987. The lowest BCUT2D eigenvalue weighted by atomic mass is 10.1. The molecule has 0 saturated heterocycles. The van der Waals surface area contributed by atoms with E-state index in [-0.39, 0.29) is 11.5 Å². The maximum atomic E-state index is 12.0. The second-order valence-electron chi connectivity index (χ2n) is 2.55. The molecule has 0 radical (unpaired) electrons. The second kappa shape index (κ2) is 4.07. The van der Waals surface area contributed by atoms with Gasteiger partial charge in [0.2, 0.25) is 0 Å². The summed E-state index contributed by atoms with van der Waals surface area (Å²) >= 11 is 0. The van der Waals surface area contributed by atoms with Gasteiger partial charge in [0.05, 0.1) is 0 Å². The molecule has 0 spiro atoms. The van der Waals surface area contributed by atoms with Crippen LogP contribution in [0.2, 0.25) is 0 Å². The zero-order valence-electron chi connectivity index (χ0n) is 7.13. The smallest absolute Gasteiger partial charge is 0.280 e. The molecule has 0 unspecified atom stereocenters. The number of Topliss-reactive ketones (excluding diaryl/α,β-unsaturated/α-hetero) is 1. The summed E-state index contributed by atoms with van der Waals surface area (Å²) in [6.07, 6.45) is -1.03. The van der Waals surface area contributed by atoms with Crippen LogP contribution in [0.4, 0.5) is 8.78 Å². The Bertz CT molecular complexity index is 295. The van der Waals surface area contributed by atoms with Gasteiger partial charge in [-0.1, -0.05) is 6.92 Å². The van der Waals surface area contributed by atoms with Crippen LogP contribution < -0.4 is 0 Å². The van der Waals surface area contributed by atoms with E-state index in [1.54, 1.807) is 6.92 Å². The maximum Gasteiger partial charge on any atom is 0.280 e. The van der Waals surface area contributed by atoms with E-state index >= 15 is 0 Å². The zero-order chi connectivity index (χ0) is 9.84. The van der Waals surface area contributed by atoms with Crippen molar-refractivity contribution in [2.45, 2.75) is 19.8 Å². The van der Waals surface area contributed by atoms with Gasteiger partial charge in [-0.2, -0.15) is 0 Å². The molecule has 1 heterocycles. The Morgan fingerprint density at radius 2 is 2.23 bits per heavy atom. The number of ketones is 1. The van der Waals surface area contributed by atoms with Crippen LogP contribution in [0.15, 0.2) is 18.3 Å². The largest absolute Gasteiger partial charge is 0.294 e. The van der Waals surface area contributed by atoms with Gasteiger partial charge in [-0.3, -0.25) is 9.78 Å². The van der Waals surface area contributed by atoms with Crippen LogP contribution in [-0.4, -0.2) is 10.8 Å². The molecule has 13 heavy (non-hydrogen) atoms. The van der Waals surface area contributed by atoms with Crippen molar-refractivity contribution in [2.75, 3.05) is 0 Å². The molecule has 1 aromatic rings. The molecule has 0 aromatic carbocycles. The molecular formula is C9H9F2NO. The number of rotatable bonds is 3. The minimum atomic E-state index is -2.58. The van der Waals surface area contributed by atoms with E-state index in [9.17, 15) is 13.6 Å². The van der Waals surface area contributed by atoms with E-state index in [2.05, 4.69) is 4.98 Å². The predicted molar refractivity (Wildman–Crippen MR) is 43.8 cm³/mol. The summed E-state index contributed by atoms with van der Waals surface area (Å²) in [6.45, 7) is 1.71. The second-order valence-corrected chi connectivity index (χ2v) is 2.55. The molecule has 2 nitrogen and oxygen atoms in total. The third kappa shape index (κ3) is 2.31. The van der Waals surface area contributed by atoms with Crippen molar-refractivity contribution in [3.8, 4) is 0 Å². The van der Waals surface area contributed by atoms with E-state index in [4.69, 9.17) is 0 Å². The number of carbonyl (C=O) groups excluding carboxylic acids is 1. The number of hydrogen-bond acceptors (Lipinski definition) is 2. The number of carbonyl (C=O) groups is 1. The summed E-state index contributed by atoms with van der Waals surface area (Å²) in [4.78, 5) is 14.5. The minimum Gasteiger partial charge on any atom is -0.294 e. The summed E-state index contributed by atoms with van der Waals surface area (Å²) in [5.74, 6) is -0.0895. The average molecular weight is 185 g/mol. The van der Waals surface area contributed by atoms with Gasteiger partial charge in [-0.15, -0.1) is 0 Å². The van der Waals surface area contributed by atoms with Crippen LogP contribution in [0.5, 0.6) is 0 Å². The third-order valence-electron chi connectivity index (χ3n) is 1.65. The molecule has 70 valence electrons. The van der Waals surface area contributed by atoms with Crippen molar-refractivity contribution in [1.29, 1.82) is 0 Å². The van der Waals surface area contributed by atoms with Gasteiger partial charge in [0.25, 0.3) is 6.43 Å². The molecule has 0 saturated carbocycles. The molecule has 0 bridgehead atoms. The molecule has 1 rings (SSSR count). The fourth-order valence-electron chi connectivity index (χ4n) is 0.903. The standard InChI is InChI=1S/C9H9F2NO/c1-2-8(13)6-3-4-7(9(10)11)12-5-6/h3-5,9H,2H2,1H3. The van der Waals surface area contributed by atoms with Crippen LogP contribution in [0.3, 0.4) is 0 Å². The van der Waals surface area contributed by atoms with Crippen LogP contribution in [0, 0.1) is 0 Å². The minimum absolute atomic E-state index is 0.0895. The van der Waals surface area contributed by atoms with Crippen molar-refractivity contribution in [3.63, 3.8) is 0 Å². The number of halogens is 2. The van der Waals surface area contributed by atoms with Gasteiger partial charge in [0.15, 0.2) is 5.78 Å². The first-order valence-corrected chi connectivity index (χ1v) is 3.92. The number of aromatic nitrogens is 1. The molecule has 0 aliphatic heterocycles. The monoisotopic (exact) mass is 185 g/mol. The highest BCUT2D eigenvalue weighted by atomic mass is 19.3. The topological polar surface area (TPSA) is 30.0 Å². The molecule has 0 aliphatic carbocycles. The normalized spacial score (nSPS) is 10.5. The fraction of sp³-hybridized carbons (Fsp3) is 0.333. The van der Waals surface area contributed by atoms with E-state index in [1.165, 1.54) is 18.3 Å². The highest BCUT2D eigenvalue weighted by molar-refractivity contribution is 5.95. The summed E-state index contributed by atoms with van der Waals surface area (Å²) < 4.78 is 24.1. The number of pyridine rings is 1. The average Bonchev–Trinajstić information content (AvgIpc) is 2.17. The van der Waals surface area contributed by atoms with Crippen LogP contribution >= 0.6 is 0 Å². The van der Waals surface area contributed by atoms with Gasteiger partial charge < -0.3 is 0 Å². The van der Waals surface area contributed by atoms with Crippen molar-refractivity contribution >= 4 is 5.78 Å². The summed E-state index contributed by atoms with van der Waals surface area (Å²) in [5.41, 5.74) is 0.0829. The van der Waals surface area contributed by atoms with Gasteiger partial charge in [0.1, 0.15) is 5.69 Å². The SMILES string of the molecule is CCC(=O)c1ccc(C(F)F)nc1. The maximum absolute atomic E-state index is 12.0. The van der Waals surface area contributed by atoms with Gasteiger partial charge in [-0.25, -0.2) is 8.78 Å². The first-order valence-electron chi connectivity index (χ1n) is 3.92. The molecule has 0 atom stereocenters. The molecule has 4 heteroatoms. The molecular weight excluding hydrogens is 176 g/mol. The lowest BCUT2D eigenvalue weighted by Gasteiger charge is -1.99. The Balaban J connectivity index is 2.87. The Morgan fingerprint density at radius 3 is 2.62 bits per heavy atom. The highest BCUT2D eigenvalue weighted by Gasteiger charge is 2.09. The zero-order valence-corrected chi connectivity index (χ0v) is 7.13. The van der Waals surface area contributed by atoms with E-state index in [1.807, 2.05) is 0 Å². The summed E-state index contributed by atoms with van der Waals surface area (Å²) in [7, 11) is 0. The predicted octanol–water partition coefficient (Wildman–Crippen LogP) is 2.61. The van der Waals surface area contributed by atoms with Gasteiger partial charge in [-0.05, 0) is 12.1 Å². The summed E-state index contributed by atoms with van der Waals surface area (Å²) in [5, 5.41) is 0. The van der Waals surface area contributed by atoms with Crippen molar-refractivity contribution < 1.29 is 13.6 Å². The van der Waals surface area contributed by atoms with Gasteiger partial charge >= 0.3 is 0 Å². The Labute approximate surface area is 74.6 Å². The Hall–Kier alpha value is -1.32. The van der Waals surface area contributed by atoms with Crippen molar-refractivity contribution in [2.24, 2.45) is 0 Å². The molecule has 0 N–H and O–H groups in total. The van der Waals surface area contributed by atoms with E-state index < -0.39 is 6.43 Å². The lowest BCUT2D eigenvalue weighted by Crippen LogP contribution is -1.98. The van der Waals surface area contributed by atoms with Crippen LogP contribution in [0.1, 0.15) is 35.8 Å². The molecule has 1 aromatic heterocycles. The summed E-state index contributed by atoms with van der Waals surface area (Å²) in [6, 6.07) is 2.55. The third-order valence-corrected chi connectivity index (χ3v) is 1.65. The highest BCUT2D eigenvalue weighted by Crippen LogP contribution is 2.16. The van der Waals surface area contributed by atoms with Gasteiger partial charge in [0, 0.05) is 18.2 Å². The number of alkyl halides is 2. The number of hydrogen-bond donors (Lipinski definition) is 0. The first-order chi connectivity index (χ1) is 6.15. The first kappa shape index (κ1) is 9.77. The van der Waals surface area contributed by atoms with Crippen LogP contribution in [-0.2, 0) is 0 Å². The fourth-order valence-corrected chi connectivity index (χ4v) is 0.903. The number of nitrogens with zero attached hydrogens (tertiary/aromatic N) is 1. The molecule has 0 amide bonds. The van der Waals surface area contributed by atoms with Crippen molar-refractivity contribution in [3.05, 3.63) is 29.6 Å². The van der Waals surface area contributed by atoms with E-state index in [0.717, 1.165) is 0 Å². The van der Waals surface area contributed by atoms with Crippen LogP contribution in [0.25, 0.3) is 0 Å². The molecule has 0 aliphatic rings. The van der Waals surface area contributed by atoms with E-state index in [0.29, 0.717) is 12.0 Å².